The van der Waals surface area contributed by atoms with E-state index in [4.69, 9.17) is 33.7 Å². The number of benzene rings is 3. The minimum Gasteiger partial charge on any atom is -0.449 e. The first kappa shape index (κ1) is 21.6. The normalized spacial score (nSPS) is 16.5. The Morgan fingerprint density at radius 3 is 2.39 bits per heavy atom. The first-order valence-electron chi connectivity index (χ1n) is 9.51. The lowest BCUT2D eigenvalue weighted by Crippen LogP contribution is -2.28. The van der Waals surface area contributed by atoms with Crippen molar-refractivity contribution in [2.45, 2.75) is 24.6 Å². The molecular weight excluding hydrogens is 455 g/mol. The van der Waals surface area contributed by atoms with Crippen molar-refractivity contribution in [3.63, 3.8) is 0 Å². The SMILES string of the molecule is Cc1ccccc1C1OC(N)=C(S(=O)(=O)c2cc(Cl)ccc2Cl)N1Cc1ccccc1. The summed E-state index contributed by atoms with van der Waals surface area (Å²) in [5, 5.41) is 0.184. The molecule has 0 saturated heterocycles. The Morgan fingerprint density at radius 2 is 1.68 bits per heavy atom. The lowest BCUT2D eigenvalue weighted by molar-refractivity contribution is 0.0355. The molecule has 0 amide bonds. The largest absolute Gasteiger partial charge is 0.449 e. The fraction of sp³-hybridized carbons (Fsp3) is 0.130. The minimum atomic E-state index is -4.12. The second-order valence-electron chi connectivity index (χ2n) is 7.19. The van der Waals surface area contributed by atoms with E-state index in [0.29, 0.717) is 0 Å². The molecule has 5 nitrogen and oxygen atoms in total. The van der Waals surface area contributed by atoms with Gasteiger partial charge in [-0.2, -0.15) is 0 Å². The van der Waals surface area contributed by atoms with Gasteiger partial charge in [0.15, 0.2) is 5.03 Å². The van der Waals surface area contributed by atoms with Crippen LogP contribution in [-0.4, -0.2) is 13.3 Å². The summed E-state index contributed by atoms with van der Waals surface area (Å²) in [5.41, 5.74) is 8.86. The monoisotopic (exact) mass is 474 g/mol. The molecule has 4 rings (SSSR count). The molecule has 1 atom stereocenters. The molecule has 0 saturated carbocycles. The van der Waals surface area contributed by atoms with Gasteiger partial charge in [-0.3, -0.25) is 0 Å². The zero-order valence-electron chi connectivity index (χ0n) is 16.6. The third-order valence-corrected chi connectivity index (χ3v) is 7.62. The lowest BCUT2D eigenvalue weighted by atomic mass is 10.1. The van der Waals surface area contributed by atoms with Gasteiger partial charge in [-0.05, 0) is 36.2 Å². The van der Waals surface area contributed by atoms with E-state index in [-0.39, 0.29) is 32.4 Å². The predicted octanol–water partition coefficient (Wildman–Crippen LogP) is 5.39. The van der Waals surface area contributed by atoms with Crippen LogP contribution in [0.1, 0.15) is 22.9 Å². The van der Waals surface area contributed by atoms with Crippen LogP contribution < -0.4 is 5.73 Å². The molecule has 0 spiro atoms. The molecule has 3 aromatic carbocycles. The average Bonchev–Trinajstić information content (AvgIpc) is 3.07. The van der Waals surface area contributed by atoms with Crippen LogP contribution in [0.25, 0.3) is 0 Å². The molecule has 0 aliphatic carbocycles. The number of nitrogens with zero attached hydrogens (tertiary/aromatic N) is 1. The molecule has 0 aromatic heterocycles. The summed E-state index contributed by atoms with van der Waals surface area (Å²) in [6.45, 7) is 2.21. The van der Waals surface area contributed by atoms with Gasteiger partial charge in [-0.1, -0.05) is 77.8 Å². The number of halogens is 2. The van der Waals surface area contributed by atoms with Crippen LogP contribution in [0, 0.1) is 6.92 Å². The van der Waals surface area contributed by atoms with Crippen molar-refractivity contribution in [1.82, 2.24) is 4.90 Å². The third-order valence-electron chi connectivity index (χ3n) is 5.08. The first-order valence-corrected chi connectivity index (χ1v) is 11.8. The molecule has 0 radical (unpaired) electrons. The van der Waals surface area contributed by atoms with Crippen LogP contribution in [0.5, 0.6) is 0 Å². The molecule has 0 fully saturated rings. The van der Waals surface area contributed by atoms with Crippen LogP contribution in [0.3, 0.4) is 0 Å². The Bertz CT molecular complexity index is 1260. The van der Waals surface area contributed by atoms with E-state index >= 15 is 0 Å². The molecule has 0 bridgehead atoms. The standard InChI is InChI=1S/C23H20Cl2N2O3S/c1-15-7-5-6-10-18(15)22-27(14-16-8-3-2-4-9-16)23(21(26)30-22)31(28,29)20-13-17(24)11-12-19(20)25/h2-13,22H,14,26H2,1H3. The van der Waals surface area contributed by atoms with Crippen molar-refractivity contribution < 1.29 is 13.2 Å². The second-order valence-corrected chi connectivity index (χ2v) is 9.86. The highest BCUT2D eigenvalue weighted by Crippen LogP contribution is 2.42. The van der Waals surface area contributed by atoms with Gasteiger partial charge in [0.05, 0.1) is 9.92 Å². The van der Waals surface area contributed by atoms with Crippen LogP contribution in [-0.2, 0) is 21.1 Å². The van der Waals surface area contributed by atoms with Crippen molar-refractivity contribution in [3.05, 3.63) is 110 Å². The Balaban J connectivity index is 1.86. The maximum Gasteiger partial charge on any atom is 0.228 e. The van der Waals surface area contributed by atoms with E-state index < -0.39 is 16.1 Å². The molecule has 3 aromatic rings. The topological polar surface area (TPSA) is 72.6 Å². The number of hydrogen-bond donors (Lipinski definition) is 1. The molecule has 1 unspecified atom stereocenters. The average molecular weight is 475 g/mol. The Labute approximate surface area is 191 Å². The second kappa shape index (κ2) is 8.46. The van der Waals surface area contributed by atoms with E-state index in [9.17, 15) is 8.42 Å². The molecule has 1 heterocycles. The number of ether oxygens (including phenoxy) is 1. The van der Waals surface area contributed by atoms with Crippen LogP contribution in [0.2, 0.25) is 10.0 Å². The predicted molar refractivity (Wildman–Crippen MR) is 122 cm³/mol. The van der Waals surface area contributed by atoms with Crippen molar-refractivity contribution >= 4 is 33.0 Å². The van der Waals surface area contributed by atoms with E-state index in [1.165, 1.54) is 18.2 Å². The van der Waals surface area contributed by atoms with Crippen LogP contribution >= 0.6 is 23.2 Å². The zero-order valence-corrected chi connectivity index (χ0v) is 19.0. The van der Waals surface area contributed by atoms with Crippen LogP contribution in [0.4, 0.5) is 0 Å². The highest BCUT2D eigenvalue weighted by molar-refractivity contribution is 7.95. The smallest absolute Gasteiger partial charge is 0.228 e. The zero-order chi connectivity index (χ0) is 22.2. The summed E-state index contributed by atoms with van der Waals surface area (Å²) < 4.78 is 33.3. The van der Waals surface area contributed by atoms with Gasteiger partial charge in [0, 0.05) is 17.1 Å². The van der Waals surface area contributed by atoms with E-state index in [1.807, 2.05) is 61.5 Å². The molecule has 1 aliphatic heterocycles. The number of hydrogen-bond acceptors (Lipinski definition) is 5. The minimum absolute atomic E-state index is 0.0590. The van der Waals surface area contributed by atoms with Crippen LogP contribution in [0.15, 0.2) is 88.6 Å². The number of aryl methyl sites for hydroxylation is 1. The molecular formula is C23H20Cl2N2O3S. The maximum atomic E-state index is 13.7. The summed E-state index contributed by atoms with van der Waals surface area (Å²) in [5.74, 6) is -0.180. The van der Waals surface area contributed by atoms with E-state index in [0.717, 1.165) is 16.7 Å². The number of rotatable bonds is 5. The van der Waals surface area contributed by atoms with Crippen molar-refractivity contribution in [1.29, 1.82) is 0 Å². The molecule has 160 valence electrons. The Morgan fingerprint density at radius 1 is 1.00 bits per heavy atom. The van der Waals surface area contributed by atoms with Gasteiger partial charge in [0.1, 0.15) is 0 Å². The van der Waals surface area contributed by atoms with Gasteiger partial charge in [0.2, 0.25) is 21.9 Å². The molecule has 2 N–H and O–H groups in total. The van der Waals surface area contributed by atoms with Gasteiger partial charge >= 0.3 is 0 Å². The highest BCUT2D eigenvalue weighted by atomic mass is 35.5. The Hall–Kier alpha value is -2.67. The lowest BCUT2D eigenvalue weighted by Gasteiger charge is -2.28. The van der Waals surface area contributed by atoms with Crippen molar-refractivity contribution in [3.8, 4) is 0 Å². The van der Waals surface area contributed by atoms with Gasteiger partial charge in [-0.15, -0.1) is 0 Å². The molecule has 1 aliphatic rings. The summed E-state index contributed by atoms with van der Waals surface area (Å²) in [6.07, 6.45) is -0.704. The maximum absolute atomic E-state index is 13.7. The fourth-order valence-electron chi connectivity index (χ4n) is 3.59. The van der Waals surface area contributed by atoms with Gasteiger partial charge in [-0.25, -0.2) is 8.42 Å². The summed E-state index contributed by atoms with van der Waals surface area (Å²) in [4.78, 5) is 1.53. The third kappa shape index (κ3) is 4.11. The van der Waals surface area contributed by atoms with Gasteiger partial charge < -0.3 is 15.4 Å². The quantitative estimate of drug-likeness (QED) is 0.536. The van der Waals surface area contributed by atoms with E-state index in [1.54, 1.807) is 4.90 Å². The molecule has 31 heavy (non-hydrogen) atoms. The fourth-order valence-corrected chi connectivity index (χ4v) is 5.84. The highest BCUT2D eigenvalue weighted by Gasteiger charge is 2.42. The van der Waals surface area contributed by atoms with Crippen molar-refractivity contribution in [2.24, 2.45) is 5.73 Å². The summed E-state index contributed by atoms with van der Waals surface area (Å²) in [7, 11) is -4.12. The number of nitrogens with two attached hydrogens (primary N) is 1. The number of sulfone groups is 1. The summed E-state index contributed by atoms with van der Waals surface area (Å²) >= 11 is 12.3. The molecule has 8 heteroatoms. The Kier molecular flexibility index (Phi) is 5.88. The summed E-state index contributed by atoms with van der Waals surface area (Å²) in [6, 6.07) is 21.4. The van der Waals surface area contributed by atoms with Gasteiger partial charge in [0.25, 0.3) is 0 Å². The first-order chi connectivity index (χ1) is 14.8. The van der Waals surface area contributed by atoms with E-state index in [2.05, 4.69) is 0 Å². The van der Waals surface area contributed by atoms with Crippen molar-refractivity contribution in [2.75, 3.05) is 0 Å².